The monoisotopic (exact) mass is 464 g/mol. The first-order chi connectivity index (χ1) is 15.4. The van der Waals surface area contributed by atoms with Crippen molar-refractivity contribution in [2.24, 2.45) is 7.05 Å². The Morgan fingerprint density at radius 1 is 1.12 bits per heavy atom. The number of aromatic nitrogens is 2. The number of sulfonamides is 1. The Bertz CT molecular complexity index is 1000. The Morgan fingerprint density at radius 3 is 2.41 bits per heavy atom. The minimum absolute atomic E-state index is 0.162. The van der Waals surface area contributed by atoms with Crippen LogP contribution in [0.2, 0.25) is 0 Å². The number of benzene rings is 1. The molecule has 0 unspecified atom stereocenters. The second kappa shape index (κ2) is 11.2. The number of ether oxygens (including phenoxy) is 1. The van der Waals surface area contributed by atoms with Crippen LogP contribution in [0, 0.1) is 0 Å². The number of fused-ring (bicyclic) bond motifs is 1. The summed E-state index contributed by atoms with van der Waals surface area (Å²) in [4.78, 5) is 19.7. The van der Waals surface area contributed by atoms with Crippen molar-refractivity contribution >= 4 is 27.0 Å². The molecule has 0 aliphatic carbocycles. The number of hydrogen-bond acceptors (Lipinski definition) is 5. The van der Waals surface area contributed by atoms with Crippen LogP contribution < -0.4 is 0 Å². The van der Waals surface area contributed by atoms with Gasteiger partial charge in [-0.25, -0.2) is 13.4 Å². The molecule has 32 heavy (non-hydrogen) atoms. The van der Waals surface area contributed by atoms with E-state index in [9.17, 15) is 13.2 Å². The number of nitrogens with zero attached hydrogens (tertiary/aromatic N) is 4. The van der Waals surface area contributed by atoms with Crippen molar-refractivity contribution in [1.29, 1.82) is 0 Å². The fourth-order valence-electron chi connectivity index (χ4n) is 3.99. The van der Waals surface area contributed by atoms with Gasteiger partial charge in [0.2, 0.25) is 15.9 Å². The van der Waals surface area contributed by atoms with Crippen LogP contribution in [-0.2, 0) is 33.0 Å². The molecule has 0 spiro atoms. The highest BCUT2D eigenvalue weighted by molar-refractivity contribution is 7.89. The fourth-order valence-corrected chi connectivity index (χ4v) is 5.41. The molecule has 0 radical (unpaired) electrons. The summed E-state index contributed by atoms with van der Waals surface area (Å²) in [5, 5.41) is 0. The lowest BCUT2D eigenvalue weighted by Gasteiger charge is -2.26. The molecule has 9 heteroatoms. The third-order valence-electron chi connectivity index (χ3n) is 6.03. The summed E-state index contributed by atoms with van der Waals surface area (Å²) >= 11 is 0. The number of carbonyl (C=O) groups excluding carboxylic acids is 1. The number of hydrogen-bond donors (Lipinski definition) is 0. The van der Waals surface area contributed by atoms with Gasteiger partial charge in [-0.2, -0.15) is 4.31 Å². The normalized spacial score (nSPS) is 15.3. The summed E-state index contributed by atoms with van der Waals surface area (Å²) in [6, 6.07) is 5.08. The Labute approximate surface area is 191 Å². The van der Waals surface area contributed by atoms with Crippen LogP contribution in [0.25, 0.3) is 11.0 Å². The van der Waals surface area contributed by atoms with Gasteiger partial charge in [0.25, 0.3) is 0 Å². The summed E-state index contributed by atoms with van der Waals surface area (Å²) in [7, 11) is -1.65. The summed E-state index contributed by atoms with van der Waals surface area (Å²) < 4.78 is 34.6. The summed E-state index contributed by atoms with van der Waals surface area (Å²) in [6.07, 6.45) is 5.10. The van der Waals surface area contributed by atoms with Gasteiger partial charge in [-0.1, -0.05) is 26.7 Å². The average molecular weight is 465 g/mol. The molecule has 1 aromatic carbocycles. The molecule has 2 heterocycles. The molecule has 3 rings (SSSR count). The standard InChI is InChI=1S/C23H36N4O4S/c1-4-6-12-26(13-7-5-2)23(28)11-10-22-24-20-18-19(8-9-21(20)25(22)3)32(29,30)27-14-16-31-17-15-27/h8-9,18H,4-7,10-17H2,1-3H3. The van der Waals surface area contributed by atoms with Crippen molar-refractivity contribution in [3.8, 4) is 0 Å². The highest BCUT2D eigenvalue weighted by atomic mass is 32.2. The van der Waals surface area contributed by atoms with E-state index in [2.05, 4.69) is 18.8 Å². The third kappa shape index (κ3) is 5.68. The molecule has 0 bridgehead atoms. The minimum Gasteiger partial charge on any atom is -0.379 e. The van der Waals surface area contributed by atoms with Gasteiger partial charge in [-0.15, -0.1) is 0 Å². The fraction of sp³-hybridized carbons (Fsp3) is 0.652. The zero-order valence-corrected chi connectivity index (χ0v) is 20.4. The number of morpholine rings is 1. The van der Waals surface area contributed by atoms with Crippen LogP contribution in [0.5, 0.6) is 0 Å². The van der Waals surface area contributed by atoms with Crippen LogP contribution in [-0.4, -0.2) is 72.5 Å². The topological polar surface area (TPSA) is 84.7 Å². The summed E-state index contributed by atoms with van der Waals surface area (Å²) in [6.45, 7) is 7.44. The molecule has 0 N–H and O–H groups in total. The zero-order valence-electron chi connectivity index (χ0n) is 19.5. The molecule has 1 saturated heterocycles. The van der Waals surface area contributed by atoms with Gasteiger partial charge in [0.15, 0.2) is 0 Å². The Hall–Kier alpha value is -1.97. The van der Waals surface area contributed by atoms with E-state index in [1.165, 1.54) is 4.31 Å². The van der Waals surface area contributed by atoms with Gasteiger partial charge in [-0.3, -0.25) is 4.79 Å². The van der Waals surface area contributed by atoms with E-state index in [4.69, 9.17) is 4.74 Å². The van der Waals surface area contributed by atoms with Gasteiger partial charge in [0.05, 0.1) is 29.1 Å². The highest BCUT2D eigenvalue weighted by Gasteiger charge is 2.27. The predicted molar refractivity (Wildman–Crippen MR) is 125 cm³/mol. The SMILES string of the molecule is CCCCN(CCCC)C(=O)CCc1nc2cc(S(=O)(=O)N3CCOCC3)ccc2n1C. The summed E-state index contributed by atoms with van der Waals surface area (Å²) in [5.74, 6) is 0.953. The van der Waals surface area contributed by atoms with Crippen LogP contribution in [0.3, 0.4) is 0 Å². The quantitative estimate of drug-likeness (QED) is 0.510. The number of aryl methyl sites for hydroxylation is 2. The Morgan fingerprint density at radius 2 is 1.78 bits per heavy atom. The largest absolute Gasteiger partial charge is 0.379 e. The number of rotatable bonds is 11. The second-order valence-electron chi connectivity index (χ2n) is 8.34. The van der Waals surface area contributed by atoms with E-state index in [1.54, 1.807) is 18.2 Å². The lowest BCUT2D eigenvalue weighted by atomic mass is 10.2. The predicted octanol–water partition coefficient (Wildman–Crippen LogP) is 2.96. The lowest BCUT2D eigenvalue weighted by molar-refractivity contribution is -0.131. The van der Waals surface area contributed by atoms with Crippen molar-refractivity contribution in [3.63, 3.8) is 0 Å². The van der Waals surface area contributed by atoms with Crippen LogP contribution in [0.1, 0.15) is 51.8 Å². The molecule has 1 fully saturated rings. The minimum atomic E-state index is -3.57. The number of imidazole rings is 1. The second-order valence-corrected chi connectivity index (χ2v) is 10.3. The van der Waals surface area contributed by atoms with E-state index in [0.29, 0.717) is 44.7 Å². The van der Waals surface area contributed by atoms with Crippen molar-refractivity contribution in [3.05, 3.63) is 24.0 Å². The Kier molecular flexibility index (Phi) is 8.67. The molecule has 8 nitrogen and oxygen atoms in total. The zero-order chi connectivity index (χ0) is 23.1. The Balaban J connectivity index is 1.74. The first-order valence-corrected chi connectivity index (χ1v) is 13.1. The van der Waals surface area contributed by atoms with Gasteiger partial charge in [0, 0.05) is 46.1 Å². The third-order valence-corrected chi connectivity index (χ3v) is 7.93. The van der Waals surface area contributed by atoms with Crippen LogP contribution in [0.15, 0.2) is 23.1 Å². The first kappa shape index (κ1) is 24.7. The van der Waals surface area contributed by atoms with E-state index in [0.717, 1.165) is 50.1 Å². The van der Waals surface area contributed by atoms with Crippen LogP contribution in [0.4, 0.5) is 0 Å². The molecule has 178 valence electrons. The molecule has 0 atom stereocenters. The van der Waals surface area contributed by atoms with E-state index >= 15 is 0 Å². The van der Waals surface area contributed by atoms with E-state index in [1.807, 2.05) is 16.5 Å². The molecule has 2 aromatic rings. The van der Waals surface area contributed by atoms with Crippen molar-refractivity contribution in [2.75, 3.05) is 39.4 Å². The molecular formula is C23H36N4O4S. The smallest absolute Gasteiger partial charge is 0.243 e. The van der Waals surface area contributed by atoms with Gasteiger partial charge < -0.3 is 14.2 Å². The van der Waals surface area contributed by atoms with Crippen molar-refractivity contribution < 1.29 is 17.9 Å². The number of amides is 1. The van der Waals surface area contributed by atoms with Gasteiger partial charge in [0.1, 0.15) is 5.82 Å². The van der Waals surface area contributed by atoms with Gasteiger partial charge in [-0.05, 0) is 31.0 Å². The molecule has 1 aliphatic heterocycles. The highest BCUT2D eigenvalue weighted by Crippen LogP contribution is 2.23. The van der Waals surface area contributed by atoms with Crippen molar-refractivity contribution in [1.82, 2.24) is 18.8 Å². The lowest BCUT2D eigenvalue weighted by Crippen LogP contribution is -2.40. The number of unbranched alkanes of at least 4 members (excludes halogenated alkanes) is 2. The van der Waals surface area contributed by atoms with E-state index in [-0.39, 0.29) is 10.8 Å². The van der Waals surface area contributed by atoms with Gasteiger partial charge >= 0.3 is 0 Å². The molecular weight excluding hydrogens is 428 g/mol. The first-order valence-electron chi connectivity index (χ1n) is 11.7. The maximum atomic E-state index is 13.0. The number of carbonyl (C=O) groups is 1. The maximum Gasteiger partial charge on any atom is 0.243 e. The molecule has 1 amide bonds. The molecule has 1 aromatic heterocycles. The van der Waals surface area contributed by atoms with Crippen molar-refractivity contribution in [2.45, 2.75) is 57.3 Å². The molecule has 1 aliphatic rings. The average Bonchev–Trinajstić information content (AvgIpc) is 3.13. The van der Waals surface area contributed by atoms with E-state index < -0.39 is 10.0 Å². The maximum absolute atomic E-state index is 13.0. The van der Waals surface area contributed by atoms with Crippen LogP contribution >= 0.6 is 0 Å². The summed E-state index contributed by atoms with van der Waals surface area (Å²) in [5.41, 5.74) is 1.50. The molecule has 0 saturated carbocycles.